The van der Waals surface area contributed by atoms with Gasteiger partial charge in [0.05, 0.1) is 5.69 Å². The lowest BCUT2D eigenvalue weighted by Gasteiger charge is -2.26. The van der Waals surface area contributed by atoms with E-state index in [2.05, 4.69) is 23.3 Å². The lowest BCUT2D eigenvalue weighted by molar-refractivity contribution is 0.337. The molecule has 2 nitrogen and oxygen atoms in total. The van der Waals surface area contributed by atoms with Gasteiger partial charge in [0.1, 0.15) is 0 Å². The molecule has 1 aromatic heterocycles. The minimum atomic E-state index is 0.752. The van der Waals surface area contributed by atoms with Crippen molar-refractivity contribution in [2.45, 2.75) is 38.8 Å². The quantitative estimate of drug-likeness (QED) is 0.762. The molecule has 2 rings (SSSR count). The van der Waals surface area contributed by atoms with Gasteiger partial charge in [0.25, 0.3) is 0 Å². The number of hydrogen-bond acceptors (Lipinski definition) is 2. The molecule has 0 saturated heterocycles. The highest BCUT2D eigenvalue weighted by atomic mass is 14.9. The molecule has 0 spiro atoms. The maximum Gasteiger partial charge on any atom is 0.0544 e. The van der Waals surface area contributed by atoms with E-state index in [9.17, 15) is 0 Å². The molecule has 0 aliphatic heterocycles. The normalized spacial score (nSPS) is 17.0. The first-order chi connectivity index (χ1) is 6.34. The first-order valence-corrected chi connectivity index (χ1v) is 4.99. The second-order valence-electron chi connectivity index (χ2n) is 3.83. The molecule has 1 N–H and O–H groups in total. The molecular formula is C11H16N2. The molecule has 2 heteroatoms. The van der Waals surface area contributed by atoms with Crippen molar-refractivity contribution in [2.75, 3.05) is 0 Å². The third kappa shape index (κ3) is 2.28. The van der Waals surface area contributed by atoms with Crippen molar-refractivity contribution >= 4 is 0 Å². The van der Waals surface area contributed by atoms with Crippen LogP contribution in [0.2, 0.25) is 0 Å². The summed E-state index contributed by atoms with van der Waals surface area (Å²) in [7, 11) is 0. The van der Waals surface area contributed by atoms with Gasteiger partial charge in [-0.05, 0) is 37.5 Å². The van der Waals surface area contributed by atoms with Crippen LogP contribution in [-0.4, -0.2) is 11.0 Å². The van der Waals surface area contributed by atoms with Crippen LogP contribution < -0.4 is 5.32 Å². The van der Waals surface area contributed by atoms with Crippen LogP contribution in [0.25, 0.3) is 0 Å². The summed E-state index contributed by atoms with van der Waals surface area (Å²) < 4.78 is 0. The van der Waals surface area contributed by atoms with Crippen LogP contribution in [0.4, 0.5) is 0 Å². The van der Waals surface area contributed by atoms with Crippen molar-refractivity contribution in [3.05, 3.63) is 29.6 Å². The summed E-state index contributed by atoms with van der Waals surface area (Å²) in [6.45, 7) is 3.03. The smallest absolute Gasteiger partial charge is 0.0544 e. The van der Waals surface area contributed by atoms with Crippen LogP contribution in [0, 0.1) is 6.92 Å². The van der Waals surface area contributed by atoms with Gasteiger partial charge in [0.15, 0.2) is 0 Å². The van der Waals surface area contributed by atoms with E-state index in [-0.39, 0.29) is 0 Å². The fourth-order valence-corrected chi connectivity index (χ4v) is 1.56. The molecule has 0 bridgehead atoms. The Kier molecular flexibility index (Phi) is 2.60. The Labute approximate surface area is 79.4 Å². The van der Waals surface area contributed by atoms with Gasteiger partial charge in [-0.1, -0.05) is 6.42 Å². The van der Waals surface area contributed by atoms with Crippen molar-refractivity contribution in [2.24, 2.45) is 0 Å². The van der Waals surface area contributed by atoms with Crippen molar-refractivity contribution < 1.29 is 0 Å². The fraction of sp³-hybridized carbons (Fsp3) is 0.545. The highest BCUT2D eigenvalue weighted by Gasteiger charge is 2.15. The van der Waals surface area contributed by atoms with Crippen molar-refractivity contribution in [3.8, 4) is 0 Å². The van der Waals surface area contributed by atoms with E-state index in [1.165, 1.54) is 24.8 Å². The van der Waals surface area contributed by atoms with Crippen molar-refractivity contribution in [1.82, 2.24) is 10.3 Å². The Hall–Kier alpha value is -0.890. The molecule has 0 amide bonds. The van der Waals surface area contributed by atoms with Gasteiger partial charge in [-0.15, -0.1) is 0 Å². The minimum absolute atomic E-state index is 0.752. The maximum atomic E-state index is 4.31. The van der Waals surface area contributed by atoms with E-state index in [4.69, 9.17) is 0 Å². The van der Waals surface area contributed by atoms with E-state index in [1.54, 1.807) is 0 Å². The standard InChI is InChI=1S/C11H16N2/c1-9-5-6-12-11(7-9)8-13-10-3-2-4-10/h5-7,10,13H,2-4,8H2,1H3. The maximum absolute atomic E-state index is 4.31. The van der Waals surface area contributed by atoms with E-state index in [0.29, 0.717) is 0 Å². The number of aryl methyl sites for hydroxylation is 1. The Bertz CT molecular complexity index is 279. The second-order valence-corrected chi connectivity index (χ2v) is 3.83. The van der Waals surface area contributed by atoms with Gasteiger partial charge in [-0.3, -0.25) is 4.98 Å². The molecule has 70 valence electrons. The zero-order valence-corrected chi connectivity index (χ0v) is 8.09. The zero-order chi connectivity index (χ0) is 9.10. The SMILES string of the molecule is Cc1ccnc(CNC2CCC2)c1. The van der Waals surface area contributed by atoms with Crippen LogP contribution in [0.5, 0.6) is 0 Å². The predicted molar refractivity (Wildman–Crippen MR) is 53.5 cm³/mol. The molecule has 1 saturated carbocycles. The molecule has 13 heavy (non-hydrogen) atoms. The summed E-state index contributed by atoms with van der Waals surface area (Å²) in [6.07, 6.45) is 5.95. The lowest BCUT2D eigenvalue weighted by Crippen LogP contribution is -2.34. The average Bonchev–Trinajstić information content (AvgIpc) is 2.01. The Morgan fingerprint density at radius 1 is 1.54 bits per heavy atom. The summed E-state index contributed by atoms with van der Waals surface area (Å²) in [5.74, 6) is 0. The number of nitrogens with one attached hydrogen (secondary N) is 1. The van der Waals surface area contributed by atoms with Gasteiger partial charge in [-0.25, -0.2) is 0 Å². The monoisotopic (exact) mass is 176 g/mol. The largest absolute Gasteiger partial charge is 0.308 e. The first kappa shape index (κ1) is 8.70. The second kappa shape index (κ2) is 3.88. The van der Waals surface area contributed by atoms with Crippen LogP contribution >= 0.6 is 0 Å². The Balaban J connectivity index is 1.86. The van der Waals surface area contributed by atoms with Gasteiger partial charge in [0.2, 0.25) is 0 Å². The fourth-order valence-electron chi connectivity index (χ4n) is 1.56. The summed E-state index contributed by atoms with van der Waals surface area (Å²) >= 11 is 0. The molecular weight excluding hydrogens is 160 g/mol. The third-order valence-corrected chi connectivity index (χ3v) is 2.65. The Morgan fingerprint density at radius 3 is 3.00 bits per heavy atom. The summed E-state index contributed by atoms with van der Waals surface area (Å²) in [4.78, 5) is 4.31. The van der Waals surface area contributed by atoms with Crippen LogP contribution in [0.3, 0.4) is 0 Å². The number of hydrogen-bond donors (Lipinski definition) is 1. The van der Waals surface area contributed by atoms with E-state index >= 15 is 0 Å². The highest BCUT2D eigenvalue weighted by molar-refractivity contribution is 5.14. The minimum Gasteiger partial charge on any atom is -0.308 e. The van der Waals surface area contributed by atoms with Gasteiger partial charge in [0, 0.05) is 18.8 Å². The molecule has 1 aliphatic rings. The van der Waals surface area contributed by atoms with Gasteiger partial charge in [-0.2, -0.15) is 0 Å². The van der Waals surface area contributed by atoms with Crippen LogP contribution in [0.1, 0.15) is 30.5 Å². The number of nitrogens with zero attached hydrogens (tertiary/aromatic N) is 1. The number of rotatable bonds is 3. The summed E-state index contributed by atoms with van der Waals surface area (Å²) in [6, 6.07) is 4.93. The number of aromatic nitrogens is 1. The van der Waals surface area contributed by atoms with Gasteiger partial charge < -0.3 is 5.32 Å². The number of pyridine rings is 1. The van der Waals surface area contributed by atoms with Crippen LogP contribution in [0.15, 0.2) is 18.3 Å². The van der Waals surface area contributed by atoms with Crippen LogP contribution in [-0.2, 0) is 6.54 Å². The predicted octanol–water partition coefficient (Wildman–Crippen LogP) is 2.03. The van der Waals surface area contributed by atoms with Crippen molar-refractivity contribution in [1.29, 1.82) is 0 Å². The van der Waals surface area contributed by atoms with Gasteiger partial charge >= 0.3 is 0 Å². The van der Waals surface area contributed by atoms with E-state index < -0.39 is 0 Å². The lowest BCUT2D eigenvalue weighted by atomic mass is 9.93. The highest BCUT2D eigenvalue weighted by Crippen LogP contribution is 2.18. The summed E-state index contributed by atoms with van der Waals surface area (Å²) in [5, 5.41) is 3.50. The molecule has 0 unspecified atom stereocenters. The molecule has 0 aromatic carbocycles. The molecule has 1 aromatic rings. The zero-order valence-electron chi connectivity index (χ0n) is 8.09. The Morgan fingerprint density at radius 2 is 2.38 bits per heavy atom. The molecule has 1 aliphatic carbocycles. The van der Waals surface area contributed by atoms with E-state index in [1.807, 2.05) is 12.3 Å². The molecule has 1 heterocycles. The van der Waals surface area contributed by atoms with Crippen molar-refractivity contribution in [3.63, 3.8) is 0 Å². The molecule has 0 atom stereocenters. The molecule has 1 fully saturated rings. The third-order valence-electron chi connectivity index (χ3n) is 2.65. The average molecular weight is 176 g/mol. The topological polar surface area (TPSA) is 24.9 Å². The van der Waals surface area contributed by atoms with E-state index in [0.717, 1.165) is 18.3 Å². The summed E-state index contributed by atoms with van der Waals surface area (Å²) in [5.41, 5.74) is 2.45. The first-order valence-electron chi connectivity index (χ1n) is 4.99. The molecule has 0 radical (unpaired) electrons.